The first-order chi connectivity index (χ1) is 7.15. The zero-order valence-electron chi connectivity index (χ0n) is 8.32. The third kappa shape index (κ3) is 1.60. The van der Waals surface area contributed by atoms with Gasteiger partial charge in [0.2, 0.25) is 0 Å². The summed E-state index contributed by atoms with van der Waals surface area (Å²) >= 11 is 2.11. The zero-order valence-corrected chi connectivity index (χ0v) is 10.5. The maximum Gasteiger partial charge on any atom is 0.338 e. The third-order valence-corrected chi connectivity index (χ3v) is 3.00. The van der Waals surface area contributed by atoms with E-state index in [0.29, 0.717) is 5.56 Å². The van der Waals surface area contributed by atoms with E-state index in [9.17, 15) is 4.79 Å². The van der Waals surface area contributed by atoms with E-state index in [-0.39, 0.29) is 5.97 Å². The molecule has 1 aromatic heterocycles. The Labute approximate surface area is 100 Å². The van der Waals surface area contributed by atoms with Crippen molar-refractivity contribution >= 4 is 39.5 Å². The molecule has 0 atom stereocenters. The number of aromatic nitrogens is 2. The standard InChI is InChI=1S/C10H9IN2O2/c1-13-7-5-3-4-6(10(14)15-2)8(7)9(11)12-13/h3-5H,1-2H3. The van der Waals surface area contributed by atoms with E-state index in [1.165, 1.54) is 7.11 Å². The van der Waals surface area contributed by atoms with Crippen LogP contribution in [0.15, 0.2) is 18.2 Å². The maximum absolute atomic E-state index is 11.5. The van der Waals surface area contributed by atoms with Crippen molar-refractivity contribution < 1.29 is 9.53 Å². The van der Waals surface area contributed by atoms with Crippen molar-refractivity contribution in [1.29, 1.82) is 0 Å². The summed E-state index contributed by atoms with van der Waals surface area (Å²) in [6, 6.07) is 5.50. The summed E-state index contributed by atoms with van der Waals surface area (Å²) in [5, 5.41) is 5.12. The van der Waals surface area contributed by atoms with E-state index in [0.717, 1.165) is 14.6 Å². The molecule has 0 spiro atoms. The summed E-state index contributed by atoms with van der Waals surface area (Å²) in [7, 11) is 3.23. The van der Waals surface area contributed by atoms with Gasteiger partial charge in [0.25, 0.3) is 0 Å². The lowest BCUT2D eigenvalue weighted by molar-refractivity contribution is 0.0603. The fraction of sp³-hybridized carbons (Fsp3) is 0.200. The number of hydrogen-bond acceptors (Lipinski definition) is 3. The number of nitrogens with zero attached hydrogens (tertiary/aromatic N) is 2. The van der Waals surface area contributed by atoms with Crippen molar-refractivity contribution in [2.75, 3.05) is 7.11 Å². The summed E-state index contributed by atoms with van der Waals surface area (Å²) in [6.45, 7) is 0. The van der Waals surface area contributed by atoms with E-state index < -0.39 is 0 Å². The number of ether oxygens (including phenoxy) is 1. The summed E-state index contributed by atoms with van der Waals surface area (Å²) in [4.78, 5) is 11.5. The molecule has 0 saturated heterocycles. The number of methoxy groups -OCH3 is 1. The number of rotatable bonds is 1. The Hall–Kier alpha value is -1.11. The van der Waals surface area contributed by atoms with Crippen LogP contribution >= 0.6 is 22.6 Å². The summed E-state index contributed by atoms with van der Waals surface area (Å²) < 4.78 is 7.29. The smallest absolute Gasteiger partial charge is 0.338 e. The Balaban J connectivity index is 2.80. The highest BCUT2D eigenvalue weighted by atomic mass is 127. The molecule has 2 aromatic rings. The van der Waals surface area contributed by atoms with Crippen LogP contribution in [0.2, 0.25) is 0 Å². The number of carbonyl (C=O) groups excluding carboxylic acids is 1. The summed E-state index contributed by atoms with van der Waals surface area (Å²) in [5.74, 6) is -0.327. The molecule has 1 aromatic carbocycles. The molecule has 0 aliphatic carbocycles. The molecule has 0 radical (unpaired) electrons. The van der Waals surface area contributed by atoms with Crippen LogP contribution in [-0.2, 0) is 11.8 Å². The zero-order chi connectivity index (χ0) is 11.0. The SMILES string of the molecule is COC(=O)c1cccc2c1c(I)nn2C. The largest absolute Gasteiger partial charge is 0.465 e. The van der Waals surface area contributed by atoms with Gasteiger partial charge in [0.05, 0.1) is 18.2 Å². The topological polar surface area (TPSA) is 44.1 Å². The summed E-state index contributed by atoms with van der Waals surface area (Å²) in [6.07, 6.45) is 0. The number of aryl methyl sites for hydroxylation is 1. The van der Waals surface area contributed by atoms with Crippen LogP contribution in [0.25, 0.3) is 10.9 Å². The number of esters is 1. The Bertz CT molecular complexity index is 533. The van der Waals surface area contributed by atoms with Crippen LogP contribution in [0.3, 0.4) is 0 Å². The Morgan fingerprint density at radius 2 is 2.27 bits per heavy atom. The monoisotopic (exact) mass is 316 g/mol. The molecule has 0 aliphatic rings. The molecule has 0 unspecified atom stereocenters. The van der Waals surface area contributed by atoms with Crippen molar-refractivity contribution in [2.24, 2.45) is 7.05 Å². The molecule has 0 saturated carbocycles. The second kappa shape index (κ2) is 3.80. The van der Waals surface area contributed by atoms with Gasteiger partial charge in [0.1, 0.15) is 3.70 Å². The molecule has 15 heavy (non-hydrogen) atoms. The molecule has 4 nitrogen and oxygen atoms in total. The van der Waals surface area contributed by atoms with Crippen molar-refractivity contribution in [2.45, 2.75) is 0 Å². The lowest BCUT2D eigenvalue weighted by atomic mass is 10.1. The van der Waals surface area contributed by atoms with Gasteiger partial charge in [-0.15, -0.1) is 0 Å². The Morgan fingerprint density at radius 3 is 2.93 bits per heavy atom. The highest BCUT2D eigenvalue weighted by Crippen LogP contribution is 2.24. The molecule has 5 heteroatoms. The first-order valence-corrected chi connectivity index (χ1v) is 5.42. The average Bonchev–Trinajstić information content (AvgIpc) is 2.54. The van der Waals surface area contributed by atoms with Gasteiger partial charge in [-0.2, -0.15) is 5.10 Å². The normalized spacial score (nSPS) is 10.6. The molecule has 0 amide bonds. The van der Waals surface area contributed by atoms with Crippen molar-refractivity contribution in [1.82, 2.24) is 9.78 Å². The van der Waals surface area contributed by atoms with Gasteiger partial charge in [0.15, 0.2) is 0 Å². The number of hydrogen-bond donors (Lipinski definition) is 0. The van der Waals surface area contributed by atoms with Gasteiger partial charge < -0.3 is 4.74 Å². The van der Waals surface area contributed by atoms with Gasteiger partial charge in [-0.3, -0.25) is 4.68 Å². The van der Waals surface area contributed by atoms with E-state index in [2.05, 4.69) is 27.7 Å². The first-order valence-electron chi connectivity index (χ1n) is 4.34. The molecule has 0 aliphatic heterocycles. The highest BCUT2D eigenvalue weighted by molar-refractivity contribution is 14.1. The minimum atomic E-state index is -0.327. The van der Waals surface area contributed by atoms with Gasteiger partial charge >= 0.3 is 5.97 Å². The van der Waals surface area contributed by atoms with Crippen LogP contribution in [-0.4, -0.2) is 22.9 Å². The van der Waals surface area contributed by atoms with Crippen molar-refractivity contribution in [3.8, 4) is 0 Å². The quantitative estimate of drug-likeness (QED) is 0.597. The van der Waals surface area contributed by atoms with Gasteiger partial charge in [-0.1, -0.05) is 6.07 Å². The molecule has 0 bridgehead atoms. The average molecular weight is 316 g/mol. The fourth-order valence-electron chi connectivity index (χ4n) is 1.54. The van der Waals surface area contributed by atoms with Crippen molar-refractivity contribution in [3.05, 3.63) is 27.5 Å². The molecule has 2 rings (SSSR count). The fourth-order valence-corrected chi connectivity index (χ4v) is 2.43. The minimum Gasteiger partial charge on any atom is -0.465 e. The summed E-state index contributed by atoms with van der Waals surface area (Å²) in [5.41, 5.74) is 1.50. The molecule has 1 heterocycles. The molecule has 0 fully saturated rings. The van der Waals surface area contributed by atoms with Crippen LogP contribution in [0.4, 0.5) is 0 Å². The van der Waals surface area contributed by atoms with Crippen LogP contribution in [0.1, 0.15) is 10.4 Å². The highest BCUT2D eigenvalue weighted by Gasteiger charge is 2.15. The van der Waals surface area contributed by atoms with Gasteiger partial charge in [-0.05, 0) is 34.7 Å². The second-order valence-electron chi connectivity index (χ2n) is 3.11. The molecular weight excluding hydrogens is 307 g/mol. The predicted octanol–water partition coefficient (Wildman–Crippen LogP) is 1.96. The van der Waals surface area contributed by atoms with Gasteiger partial charge in [-0.25, -0.2) is 4.79 Å². The lowest BCUT2D eigenvalue weighted by Crippen LogP contribution is -2.01. The second-order valence-corrected chi connectivity index (χ2v) is 4.13. The Kier molecular flexibility index (Phi) is 2.64. The minimum absolute atomic E-state index is 0.327. The lowest BCUT2D eigenvalue weighted by Gasteiger charge is -2.01. The number of halogens is 1. The maximum atomic E-state index is 11.5. The van der Waals surface area contributed by atoms with E-state index in [1.54, 1.807) is 10.7 Å². The number of benzene rings is 1. The molecular formula is C10H9IN2O2. The van der Waals surface area contributed by atoms with Crippen molar-refractivity contribution in [3.63, 3.8) is 0 Å². The molecule has 78 valence electrons. The molecule has 0 N–H and O–H groups in total. The predicted molar refractivity (Wildman–Crippen MR) is 64.8 cm³/mol. The first kappa shape index (κ1) is 10.4. The number of fused-ring (bicyclic) bond motifs is 1. The van der Waals surface area contributed by atoms with Crippen LogP contribution < -0.4 is 0 Å². The Morgan fingerprint density at radius 1 is 1.53 bits per heavy atom. The van der Waals surface area contributed by atoms with E-state index in [4.69, 9.17) is 4.74 Å². The third-order valence-electron chi connectivity index (χ3n) is 2.24. The van der Waals surface area contributed by atoms with Crippen LogP contribution in [0.5, 0.6) is 0 Å². The van der Waals surface area contributed by atoms with Gasteiger partial charge in [0, 0.05) is 12.4 Å². The van der Waals surface area contributed by atoms with Crippen LogP contribution in [0, 0.1) is 3.70 Å². The van der Waals surface area contributed by atoms with E-state index in [1.807, 2.05) is 19.2 Å². The number of carbonyl (C=O) groups is 1. The van der Waals surface area contributed by atoms with E-state index >= 15 is 0 Å².